The second-order valence-electron chi connectivity index (χ2n) is 7.77. The van der Waals surface area contributed by atoms with E-state index in [-0.39, 0.29) is 5.91 Å². The van der Waals surface area contributed by atoms with Crippen LogP contribution in [0.2, 0.25) is 0 Å². The molecule has 1 fully saturated rings. The van der Waals surface area contributed by atoms with E-state index in [1.54, 1.807) is 7.11 Å². The smallest absolute Gasteiger partial charge is 0.253 e. The van der Waals surface area contributed by atoms with E-state index in [0.29, 0.717) is 19.6 Å². The van der Waals surface area contributed by atoms with Crippen LogP contribution in [0.5, 0.6) is 5.75 Å². The number of benzene rings is 2. The van der Waals surface area contributed by atoms with Gasteiger partial charge in [0.05, 0.1) is 19.3 Å². The number of hydrogen-bond donors (Lipinski definition) is 0. The molecular weight excluding hydrogens is 376 g/mol. The van der Waals surface area contributed by atoms with Crippen molar-refractivity contribution in [3.8, 4) is 5.75 Å². The van der Waals surface area contributed by atoms with Crippen LogP contribution in [0.15, 0.2) is 54.6 Å². The lowest BCUT2D eigenvalue weighted by molar-refractivity contribution is 0.0746. The Hall–Kier alpha value is -3.28. The molecule has 0 aliphatic carbocycles. The Bertz CT molecular complexity index is 1040. The van der Waals surface area contributed by atoms with Crippen molar-refractivity contribution in [2.45, 2.75) is 20.4 Å². The lowest BCUT2D eigenvalue weighted by Gasteiger charge is -2.36. The van der Waals surface area contributed by atoms with Gasteiger partial charge in [0.25, 0.3) is 5.91 Å². The predicted octanol–water partition coefficient (Wildman–Crippen LogP) is 3.52. The maximum atomic E-state index is 13.1. The molecule has 1 amide bonds. The van der Waals surface area contributed by atoms with E-state index in [4.69, 9.17) is 4.74 Å². The molecule has 0 N–H and O–H groups in total. The van der Waals surface area contributed by atoms with Crippen LogP contribution in [0.4, 0.5) is 5.69 Å². The molecule has 1 aliphatic heterocycles. The SMILES string of the molecule is COc1cccc(N2CCN(C(=O)c3cccc(Cn4nc(C)cc4C)c3)CC2)c1. The van der Waals surface area contributed by atoms with Gasteiger partial charge in [-0.15, -0.1) is 0 Å². The number of methoxy groups -OCH3 is 1. The van der Waals surface area contributed by atoms with Gasteiger partial charge in [-0.05, 0) is 49.7 Å². The Kier molecular flexibility index (Phi) is 5.74. The zero-order valence-corrected chi connectivity index (χ0v) is 17.8. The first kappa shape index (κ1) is 20.0. The first-order valence-corrected chi connectivity index (χ1v) is 10.3. The number of ether oxygens (including phenoxy) is 1. The van der Waals surface area contributed by atoms with Crippen molar-refractivity contribution < 1.29 is 9.53 Å². The van der Waals surface area contributed by atoms with E-state index in [9.17, 15) is 4.79 Å². The summed E-state index contributed by atoms with van der Waals surface area (Å²) in [7, 11) is 1.68. The molecule has 156 valence electrons. The zero-order chi connectivity index (χ0) is 21.1. The van der Waals surface area contributed by atoms with E-state index in [2.05, 4.69) is 29.1 Å². The first-order valence-electron chi connectivity index (χ1n) is 10.3. The number of aromatic nitrogens is 2. The van der Waals surface area contributed by atoms with Crippen LogP contribution >= 0.6 is 0 Å². The molecule has 1 aromatic heterocycles. The Balaban J connectivity index is 1.41. The first-order chi connectivity index (χ1) is 14.5. The topological polar surface area (TPSA) is 50.6 Å². The van der Waals surface area contributed by atoms with Crippen molar-refractivity contribution in [1.82, 2.24) is 14.7 Å². The van der Waals surface area contributed by atoms with Crippen LogP contribution in [0.3, 0.4) is 0 Å². The summed E-state index contributed by atoms with van der Waals surface area (Å²) in [5.74, 6) is 0.945. The van der Waals surface area contributed by atoms with Crippen molar-refractivity contribution in [2.24, 2.45) is 0 Å². The molecule has 1 saturated heterocycles. The summed E-state index contributed by atoms with van der Waals surface area (Å²) in [5.41, 5.74) is 5.09. The highest BCUT2D eigenvalue weighted by atomic mass is 16.5. The summed E-state index contributed by atoms with van der Waals surface area (Å²) in [6.45, 7) is 7.75. The Morgan fingerprint density at radius 2 is 1.77 bits per heavy atom. The summed E-state index contributed by atoms with van der Waals surface area (Å²) in [4.78, 5) is 17.3. The minimum absolute atomic E-state index is 0.0931. The van der Waals surface area contributed by atoms with Crippen LogP contribution in [0.25, 0.3) is 0 Å². The molecule has 3 aromatic rings. The number of amides is 1. The van der Waals surface area contributed by atoms with Gasteiger partial charge >= 0.3 is 0 Å². The van der Waals surface area contributed by atoms with Gasteiger partial charge in [0, 0.05) is 49.2 Å². The van der Waals surface area contributed by atoms with Gasteiger partial charge in [-0.3, -0.25) is 9.48 Å². The van der Waals surface area contributed by atoms with Crippen molar-refractivity contribution >= 4 is 11.6 Å². The van der Waals surface area contributed by atoms with Crippen molar-refractivity contribution in [1.29, 1.82) is 0 Å². The summed E-state index contributed by atoms with van der Waals surface area (Å²) in [6, 6.07) is 18.0. The number of carbonyl (C=O) groups is 1. The summed E-state index contributed by atoms with van der Waals surface area (Å²) in [5, 5.41) is 4.53. The molecule has 0 radical (unpaired) electrons. The fourth-order valence-electron chi connectivity index (χ4n) is 3.97. The predicted molar refractivity (Wildman–Crippen MR) is 118 cm³/mol. The Labute approximate surface area is 177 Å². The molecule has 2 aromatic carbocycles. The monoisotopic (exact) mass is 404 g/mol. The lowest BCUT2D eigenvalue weighted by atomic mass is 10.1. The largest absolute Gasteiger partial charge is 0.497 e. The minimum Gasteiger partial charge on any atom is -0.497 e. The number of carbonyl (C=O) groups excluding carboxylic acids is 1. The average molecular weight is 405 g/mol. The third-order valence-electron chi connectivity index (χ3n) is 5.59. The van der Waals surface area contributed by atoms with Gasteiger partial charge in [0.15, 0.2) is 0 Å². The lowest BCUT2D eigenvalue weighted by Crippen LogP contribution is -2.48. The highest BCUT2D eigenvalue weighted by molar-refractivity contribution is 5.94. The Morgan fingerprint density at radius 3 is 2.47 bits per heavy atom. The van der Waals surface area contributed by atoms with Gasteiger partial charge in [0.2, 0.25) is 0 Å². The third kappa shape index (κ3) is 4.32. The molecule has 30 heavy (non-hydrogen) atoms. The molecule has 1 aliphatic rings. The number of rotatable bonds is 5. The van der Waals surface area contributed by atoms with Gasteiger partial charge in [-0.25, -0.2) is 0 Å². The van der Waals surface area contributed by atoms with Crippen LogP contribution in [-0.4, -0.2) is 53.9 Å². The number of piperazine rings is 1. The number of nitrogens with zero attached hydrogens (tertiary/aromatic N) is 4. The standard InChI is InChI=1S/C24H28N4O2/c1-18-14-19(2)28(25-18)17-20-6-4-7-21(15-20)24(29)27-12-10-26(11-13-27)22-8-5-9-23(16-22)30-3/h4-9,14-16H,10-13,17H2,1-3H3. The Morgan fingerprint density at radius 1 is 1.00 bits per heavy atom. The van der Waals surface area contributed by atoms with E-state index >= 15 is 0 Å². The molecule has 0 unspecified atom stereocenters. The molecule has 2 heterocycles. The van der Waals surface area contributed by atoms with Gasteiger partial charge < -0.3 is 14.5 Å². The minimum atomic E-state index is 0.0931. The molecule has 0 atom stereocenters. The number of anilines is 1. The van der Waals surface area contributed by atoms with Crippen molar-refractivity contribution in [3.63, 3.8) is 0 Å². The average Bonchev–Trinajstić information content (AvgIpc) is 3.10. The van der Waals surface area contributed by atoms with E-state index in [0.717, 1.165) is 47.0 Å². The molecule has 0 saturated carbocycles. The molecule has 4 rings (SSSR count). The summed E-state index contributed by atoms with van der Waals surface area (Å²) >= 11 is 0. The number of hydrogen-bond acceptors (Lipinski definition) is 4. The summed E-state index contributed by atoms with van der Waals surface area (Å²) in [6.07, 6.45) is 0. The van der Waals surface area contributed by atoms with Crippen LogP contribution < -0.4 is 9.64 Å². The van der Waals surface area contributed by atoms with Crippen molar-refractivity contribution in [3.05, 3.63) is 77.1 Å². The van der Waals surface area contributed by atoms with E-state index in [1.807, 2.05) is 59.0 Å². The third-order valence-corrected chi connectivity index (χ3v) is 5.59. The molecule has 0 bridgehead atoms. The quantitative estimate of drug-likeness (QED) is 0.653. The van der Waals surface area contributed by atoms with Gasteiger partial charge in [0.1, 0.15) is 5.75 Å². The maximum absolute atomic E-state index is 13.1. The van der Waals surface area contributed by atoms with Crippen molar-refractivity contribution in [2.75, 3.05) is 38.2 Å². The highest BCUT2D eigenvalue weighted by Crippen LogP contribution is 2.22. The van der Waals surface area contributed by atoms with Crippen LogP contribution in [-0.2, 0) is 6.54 Å². The van der Waals surface area contributed by atoms with E-state index in [1.165, 1.54) is 0 Å². The number of aryl methyl sites for hydroxylation is 2. The fourth-order valence-corrected chi connectivity index (χ4v) is 3.97. The highest BCUT2D eigenvalue weighted by Gasteiger charge is 2.22. The van der Waals surface area contributed by atoms with Crippen LogP contribution in [0.1, 0.15) is 27.3 Å². The molecular formula is C24H28N4O2. The van der Waals surface area contributed by atoms with Gasteiger partial charge in [-0.2, -0.15) is 5.10 Å². The zero-order valence-electron chi connectivity index (χ0n) is 17.8. The fraction of sp³-hybridized carbons (Fsp3) is 0.333. The second kappa shape index (κ2) is 8.61. The van der Waals surface area contributed by atoms with E-state index < -0.39 is 0 Å². The second-order valence-corrected chi connectivity index (χ2v) is 7.77. The van der Waals surface area contributed by atoms with Gasteiger partial charge in [-0.1, -0.05) is 18.2 Å². The normalized spacial score (nSPS) is 14.1. The molecule has 0 spiro atoms. The molecule has 6 nitrogen and oxygen atoms in total. The molecule has 6 heteroatoms. The van der Waals surface area contributed by atoms with Crippen LogP contribution in [0, 0.1) is 13.8 Å². The summed E-state index contributed by atoms with van der Waals surface area (Å²) < 4.78 is 7.31. The maximum Gasteiger partial charge on any atom is 0.253 e.